The number of benzene rings is 9. The summed E-state index contributed by atoms with van der Waals surface area (Å²) in [7, 11) is 0. The van der Waals surface area contributed by atoms with Crippen LogP contribution in [-0.4, -0.2) is 6.71 Å². The van der Waals surface area contributed by atoms with Crippen molar-refractivity contribution < 1.29 is 4.42 Å². The standard InChI is InChI=1S/C50H31BN2O/c1-3-15-36(16-4-1)52-42-27-24-32-13-7-9-19-38(32)48(42)51-49-39-20-10-8-14-33(39)25-28-43(49)53(37-17-5-2-6-18-37)45-30-35(29-44(52)50(45)51)34-23-26-41-40-21-11-12-22-46(40)54-47(41)31-34/h1-31H. The van der Waals surface area contributed by atoms with Crippen LogP contribution in [0.3, 0.4) is 0 Å². The molecule has 3 nitrogen and oxygen atoms in total. The molecule has 10 aromatic rings. The number of rotatable bonds is 3. The van der Waals surface area contributed by atoms with Crippen molar-refractivity contribution in [3.05, 3.63) is 188 Å². The Hall–Kier alpha value is -7.04. The quantitative estimate of drug-likeness (QED) is 0.173. The van der Waals surface area contributed by atoms with Gasteiger partial charge in [-0.2, -0.15) is 0 Å². The SMILES string of the molecule is c1ccc(N2c3cc(-c4ccc5c(c4)oc4ccccc45)cc4c3B(c3c2ccc2ccccc32)c2c(ccc3ccccc23)N4c2ccccc2)cc1. The molecule has 0 unspecified atom stereocenters. The van der Waals surface area contributed by atoms with Crippen molar-refractivity contribution in [1.29, 1.82) is 0 Å². The van der Waals surface area contributed by atoms with Crippen molar-refractivity contribution in [3.8, 4) is 11.1 Å². The lowest BCUT2D eigenvalue weighted by atomic mass is 9.32. The Morgan fingerprint density at radius 2 is 0.833 bits per heavy atom. The fraction of sp³-hybridized carbons (Fsp3) is 0. The summed E-state index contributed by atoms with van der Waals surface area (Å²) in [5, 5.41) is 7.33. The van der Waals surface area contributed by atoms with E-state index in [1.807, 2.05) is 6.07 Å². The minimum atomic E-state index is -0.0102. The van der Waals surface area contributed by atoms with Gasteiger partial charge >= 0.3 is 0 Å². The number of nitrogens with zero attached hydrogens (tertiary/aromatic N) is 2. The summed E-state index contributed by atoms with van der Waals surface area (Å²) in [6.07, 6.45) is 0. The first kappa shape index (κ1) is 29.5. The van der Waals surface area contributed by atoms with E-state index < -0.39 is 0 Å². The predicted octanol–water partition coefficient (Wildman–Crippen LogP) is 11.6. The summed E-state index contributed by atoms with van der Waals surface area (Å²) in [6, 6.07) is 68.6. The maximum atomic E-state index is 6.45. The molecule has 4 heteroatoms. The van der Waals surface area contributed by atoms with Gasteiger partial charge in [-0.15, -0.1) is 0 Å². The van der Waals surface area contributed by atoms with E-state index in [2.05, 4.69) is 192 Å². The van der Waals surface area contributed by atoms with Crippen molar-refractivity contribution in [3.63, 3.8) is 0 Å². The van der Waals surface area contributed by atoms with Crippen molar-refractivity contribution >= 4 is 101 Å². The summed E-state index contributed by atoms with van der Waals surface area (Å²) in [5.41, 5.74) is 15.1. The fourth-order valence-corrected chi connectivity index (χ4v) is 9.33. The highest BCUT2D eigenvalue weighted by Gasteiger charge is 2.45. The molecule has 3 heterocycles. The number of hydrogen-bond acceptors (Lipinski definition) is 3. The number of hydrogen-bond donors (Lipinski definition) is 0. The summed E-state index contributed by atoms with van der Waals surface area (Å²) in [6.45, 7) is -0.0102. The fourth-order valence-electron chi connectivity index (χ4n) is 9.33. The highest BCUT2D eigenvalue weighted by atomic mass is 16.3. The van der Waals surface area contributed by atoms with E-state index in [0.717, 1.165) is 44.4 Å². The Kier molecular flexibility index (Phi) is 6.14. The van der Waals surface area contributed by atoms with Gasteiger partial charge in [-0.3, -0.25) is 0 Å². The van der Waals surface area contributed by atoms with E-state index in [0.29, 0.717) is 0 Å². The number of anilines is 6. The molecule has 0 N–H and O–H groups in total. The molecule has 0 spiro atoms. The Bertz CT molecular complexity index is 2980. The van der Waals surface area contributed by atoms with Gasteiger partial charge in [0.05, 0.1) is 0 Å². The van der Waals surface area contributed by atoms with Crippen LogP contribution in [0.2, 0.25) is 0 Å². The third-order valence-corrected chi connectivity index (χ3v) is 11.6. The Morgan fingerprint density at radius 3 is 1.43 bits per heavy atom. The van der Waals surface area contributed by atoms with Gasteiger partial charge in [0.1, 0.15) is 11.2 Å². The minimum absolute atomic E-state index is 0.0102. The number of furan rings is 1. The van der Waals surface area contributed by atoms with Gasteiger partial charge in [0.25, 0.3) is 6.71 Å². The van der Waals surface area contributed by atoms with Gasteiger partial charge in [-0.1, -0.05) is 121 Å². The molecule has 0 saturated carbocycles. The van der Waals surface area contributed by atoms with Crippen molar-refractivity contribution in [1.82, 2.24) is 0 Å². The van der Waals surface area contributed by atoms with Crippen LogP contribution in [0, 0.1) is 0 Å². The number of para-hydroxylation sites is 3. The summed E-state index contributed by atoms with van der Waals surface area (Å²) >= 11 is 0. The van der Waals surface area contributed by atoms with E-state index in [4.69, 9.17) is 4.42 Å². The molecular weight excluding hydrogens is 655 g/mol. The molecule has 12 rings (SSSR count). The first-order chi connectivity index (χ1) is 26.8. The van der Waals surface area contributed by atoms with Crippen LogP contribution in [0.1, 0.15) is 0 Å². The molecule has 0 bridgehead atoms. The molecular formula is C50H31BN2O. The van der Waals surface area contributed by atoms with Gasteiger partial charge in [-0.25, -0.2) is 0 Å². The molecule has 9 aromatic carbocycles. The van der Waals surface area contributed by atoms with Crippen molar-refractivity contribution in [2.24, 2.45) is 0 Å². The molecule has 54 heavy (non-hydrogen) atoms. The zero-order chi connectivity index (χ0) is 35.3. The first-order valence-electron chi connectivity index (χ1n) is 18.6. The summed E-state index contributed by atoms with van der Waals surface area (Å²) in [4.78, 5) is 5.00. The van der Waals surface area contributed by atoms with Crippen LogP contribution in [-0.2, 0) is 0 Å². The van der Waals surface area contributed by atoms with Gasteiger partial charge in [-0.05, 0) is 116 Å². The lowest BCUT2D eigenvalue weighted by molar-refractivity contribution is 0.669. The third kappa shape index (κ3) is 4.14. The molecule has 0 atom stereocenters. The third-order valence-electron chi connectivity index (χ3n) is 11.6. The van der Waals surface area contributed by atoms with Crippen LogP contribution >= 0.6 is 0 Å². The maximum Gasteiger partial charge on any atom is 0.253 e. The highest BCUT2D eigenvalue weighted by molar-refractivity contribution is 7.02. The van der Waals surface area contributed by atoms with Crippen molar-refractivity contribution in [2.45, 2.75) is 0 Å². The average Bonchev–Trinajstić information content (AvgIpc) is 3.61. The zero-order valence-electron chi connectivity index (χ0n) is 29.3. The summed E-state index contributed by atoms with van der Waals surface area (Å²) < 4.78 is 6.45. The molecule has 0 radical (unpaired) electrons. The monoisotopic (exact) mass is 686 g/mol. The van der Waals surface area contributed by atoms with E-state index in [9.17, 15) is 0 Å². The van der Waals surface area contributed by atoms with Crippen LogP contribution in [0.4, 0.5) is 34.1 Å². The van der Waals surface area contributed by atoms with E-state index in [-0.39, 0.29) is 6.71 Å². The van der Waals surface area contributed by atoms with Crippen LogP contribution in [0.25, 0.3) is 54.6 Å². The van der Waals surface area contributed by atoms with Gasteiger partial charge in [0.2, 0.25) is 0 Å². The molecule has 2 aliphatic heterocycles. The molecule has 0 amide bonds. The van der Waals surface area contributed by atoms with Crippen LogP contribution < -0.4 is 26.2 Å². The smallest absolute Gasteiger partial charge is 0.253 e. The van der Waals surface area contributed by atoms with Crippen LogP contribution in [0.5, 0.6) is 0 Å². The van der Waals surface area contributed by atoms with Gasteiger partial charge in [0.15, 0.2) is 0 Å². The molecule has 0 aliphatic carbocycles. The summed E-state index contributed by atoms with van der Waals surface area (Å²) in [5.74, 6) is 0. The lowest BCUT2D eigenvalue weighted by Crippen LogP contribution is -2.61. The van der Waals surface area contributed by atoms with Crippen molar-refractivity contribution in [2.75, 3.05) is 9.80 Å². The molecule has 250 valence electrons. The topological polar surface area (TPSA) is 19.6 Å². The molecule has 0 fully saturated rings. The van der Waals surface area contributed by atoms with Gasteiger partial charge in [0, 0.05) is 44.9 Å². The Morgan fingerprint density at radius 1 is 0.333 bits per heavy atom. The second-order valence-corrected chi connectivity index (χ2v) is 14.5. The Labute approximate surface area is 313 Å². The van der Waals surface area contributed by atoms with E-state index >= 15 is 0 Å². The average molecular weight is 687 g/mol. The highest BCUT2D eigenvalue weighted by Crippen LogP contribution is 2.47. The zero-order valence-corrected chi connectivity index (χ0v) is 29.3. The predicted molar refractivity (Wildman–Crippen MR) is 228 cm³/mol. The van der Waals surface area contributed by atoms with Gasteiger partial charge < -0.3 is 14.2 Å². The second-order valence-electron chi connectivity index (χ2n) is 14.5. The molecule has 1 aromatic heterocycles. The molecule has 0 saturated heterocycles. The second kappa shape index (κ2) is 11.2. The first-order valence-corrected chi connectivity index (χ1v) is 18.6. The largest absolute Gasteiger partial charge is 0.456 e. The lowest BCUT2D eigenvalue weighted by Gasteiger charge is -2.45. The maximum absolute atomic E-state index is 6.45. The minimum Gasteiger partial charge on any atom is -0.456 e. The Balaban J connectivity index is 1.24. The van der Waals surface area contributed by atoms with E-state index in [1.54, 1.807) is 0 Å². The van der Waals surface area contributed by atoms with E-state index in [1.165, 1.54) is 60.7 Å². The normalized spacial score (nSPS) is 13.1. The molecule has 2 aliphatic rings. The van der Waals surface area contributed by atoms with Crippen LogP contribution in [0.15, 0.2) is 192 Å². The number of fused-ring (bicyclic) bond motifs is 11.